The standard InChI is InChI=1S/C23H20N2O2/c1-17(26)21(22(27)18-11-5-2-6-12-18)23(24-19-13-7-3-8-14-19)25-20-15-9-4-10-16-20/h2-16,27H,1H3,(H,24,25). The maximum atomic E-state index is 12.4. The number of carbonyl (C=O) groups is 1. The van der Waals surface area contributed by atoms with Crippen molar-refractivity contribution in [3.05, 3.63) is 102 Å². The van der Waals surface area contributed by atoms with E-state index >= 15 is 0 Å². The third kappa shape index (κ3) is 4.70. The second-order valence-corrected chi connectivity index (χ2v) is 5.93. The molecule has 4 heteroatoms. The van der Waals surface area contributed by atoms with E-state index in [-0.39, 0.29) is 17.1 Å². The summed E-state index contributed by atoms with van der Waals surface area (Å²) in [6.45, 7) is 1.42. The molecule has 0 saturated carbocycles. The molecule has 0 atom stereocenters. The van der Waals surface area contributed by atoms with E-state index in [1.54, 1.807) is 12.1 Å². The highest BCUT2D eigenvalue weighted by molar-refractivity contribution is 6.29. The number of aliphatic imine (C=N–C) groups is 1. The summed E-state index contributed by atoms with van der Waals surface area (Å²) in [7, 11) is 0. The van der Waals surface area contributed by atoms with Crippen LogP contribution in [-0.4, -0.2) is 16.7 Å². The molecule has 0 saturated heterocycles. The average Bonchev–Trinajstić information content (AvgIpc) is 2.70. The highest BCUT2D eigenvalue weighted by Gasteiger charge is 2.20. The van der Waals surface area contributed by atoms with Gasteiger partial charge in [-0.05, 0) is 31.2 Å². The van der Waals surface area contributed by atoms with Gasteiger partial charge in [0, 0.05) is 11.3 Å². The molecule has 0 unspecified atom stereocenters. The molecule has 2 N–H and O–H groups in total. The molecule has 0 aromatic heterocycles. The number of anilines is 1. The van der Waals surface area contributed by atoms with Crippen molar-refractivity contribution in [2.45, 2.75) is 6.92 Å². The summed E-state index contributed by atoms with van der Waals surface area (Å²) < 4.78 is 0. The van der Waals surface area contributed by atoms with Crippen molar-refractivity contribution >= 4 is 28.8 Å². The molecular weight excluding hydrogens is 336 g/mol. The molecule has 0 radical (unpaired) electrons. The van der Waals surface area contributed by atoms with Crippen molar-refractivity contribution in [3.8, 4) is 0 Å². The minimum atomic E-state index is -0.283. The van der Waals surface area contributed by atoms with Gasteiger partial charge in [0.2, 0.25) is 0 Å². The van der Waals surface area contributed by atoms with Gasteiger partial charge in [-0.2, -0.15) is 0 Å². The SMILES string of the molecule is CC(=O)C(C(=Nc1ccccc1)Nc1ccccc1)=C(O)c1ccccc1. The van der Waals surface area contributed by atoms with Gasteiger partial charge in [0.05, 0.1) is 5.69 Å². The van der Waals surface area contributed by atoms with Crippen molar-refractivity contribution < 1.29 is 9.90 Å². The molecule has 0 amide bonds. The van der Waals surface area contributed by atoms with Gasteiger partial charge in [0.15, 0.2) is 5.78 Å². The number of carbonyl (C=O) groups excluding carboxylic acids is 1. The Kier molecular flexibility index (Phi) is 5.80. The lowest BCUT2D eigenvalue weighted by Gasteiger charge is -2.14. The molecular formula is C23H20N2O2. The van der Waals surface area contributed by atoms with Gasteiger partial charge in [-0.25, -0.2) is 4.99 Å². The molecule has 0 spiro atoms. The van der Waals surface area contributed by atoms with E-state index in [0.29, 0.717) is 17.1 Å². The van der Waals surface area contributed by atoms with Crippen LogP contribution in [0.4, 0.5) is 11.4 Å². The topological polar surface area (TPSA) is 61.7 Å². The zero-order valence-electron chi connectivity index (χ0n) is 15.0. The number of Topliss-reactive ketones (excluding diaryl/α,β-unsaturated/α-hetero) is 1. The van der Waals surface area contributed by atoms with Gasteiger partial charge >= 0.3 is 0 Å². The molecule has 134 valence electrons. The Morgan fingerprint density at radius 2 is 1.33 bits per heavy atom. The smallest absolute Gasteiger partial charge is 0.167 e. The van der Waals surface area contributed by atoms with Crippen LogP contribution in [0, 0.1) is 0 Å². The fourth-order valence-corrected chi connectivity index (χ4v) is 2.62. The van der Waals surface area contributed by atoms with E-state index in [0.717, 1.165) is 5.69 Å². The van der Waals surface area contributed by atoms with E-state index in [4.69, 9.17) is 0 Å². The molecule has 3 rings (SSSR count). The largest absolute Gasteiger partial charge is 0.506 e. The molecule has 0 aliphatic heterocycles. The fraction of sp³-hybridized carbons (Fsp3) is 0.0435. The number of aliphatic hydroxyl groups is 1. The molecule has 0 aliphatic carbocycles. The third-order valence-corrected chi connectivity index (χ3v) is 3.91. The first kappa shape index (κ1) is 18.1. The van der Waals surface area contributed by atoms with Gasteiger partial charge in [-0.15, -0.1) is 0 Å². The molecule has 0 fully saturated rings. The summed E-state index contributed by atoms with van der Waals surface area (Å²) in [5, 5.41) is 14.0. The number of aliphatic hydroxyl groups excluding tert-OH is 1. The maximum absolute atomic E-state index is 12.4. The minimum Gasteiger partial charge on any atom is -0.506 e. The van der Waals surface area contributed by atoms with Crippen LogP contribution in [0.15, 0.2) is 102 Å². The predicted molar refractivity (Wildman–Crippen MR) is 110 cm³/mol. The zero-order valence-corrected chi connectivity index (χ0v) is 15.0. The quantitative estimate of drug-likeness (QED) is 0.279. The van der Waals surface area contributed by atoms with Gasteiger partial charge in [0.25, 0.3) is 0 Å². The zero-order chi connectivity index (χ0) is 19.1. The first-order valence-electron chi connectivity index (χ1n) is 8.61. The number of rotatable bonds is 5. The van der Waals surface area contributed by atoms with Crippen LogP contribution >= 0.6 is 0 Å². The van der Waals surface area contributed by atoms with Gasteiger partial charge in [0.1, 0.15) is 17.2 Å². The molecule has 4 nitrogen and oxygen atoms in total. The molecule has 3 aromatic rings. The molecule has 0 heterocycles. The number of nitrogens with zero attached hydrogens (tertiary/aromatic N) is 1. The minimum absolute atomic E-state index is 0.110. The Bertz CT molecular complexity index is 963. The highest BCUT2D eigenvalue weighted by atomic mass is 16.3. The lowest BCUT2D eigenvalue weighted by atomic mass is 10.0. The number of ketones is 1. The average molecular weight is 356 g/mol. The molecule has 0 bridgehead atoms. The van der Waals surface area contributed by atoms with E-state index in [1.807, 2.05) is 78.9 Å². The lowest BCUT2D eigenvalue weighted by molar-refractivity contribution is -0.113. The summed E-state index contributed by atoms with van der Waals surface area (Å²) in [4.78, 5) is 17.0. The number of para-hydroxylation sites is 2. The second-order valence-electron chi connectivity index (χ2n) is 5.93. The van der Waals surface area contributed by atoms with E-state index in [9.17, 15) is 9.90 Å². The normalized spacial score (nSPS) is 12.3. The summed E-state index contributed by atoms with van der Waals surface area (Å²) >= 11 is 0. The van der Waals surface area contributed by atoms with Crippen molar-refractivity contribution in [1.82, 2.24) is 0 Å². The Morgan fingerprint density at radius 1 is 0.815 bits per heavy atom. The second kappa shape index (κ2) is 8.63. The van der Waals surface area contributed by atoms with Crippen molar-refractivity contribution in [3.63, 3.8) is 0 Å². The van der Waals surface area contributed by atoms with Crippen molar-refractivity contribution in [2.75, 3.05) is 5.32 Å². The molecule has 0 aliphatic rings. The number of hydrogen-bond donors (Lipinski definition) is 2. The van der Waals surface area contributed by atoms with E-state index in [2.05, 4.69) is 10.3 Å². The third-order valence-electron chi connectivity index (χ3n) is 3.91. The van der Waals surface area contributed by atoms with Crippen LogP contribution in [0.2, 0.25) is 0 Å². The van der Waals surface area contributed by atoms with Gasteiger partial charge < -0.3 is 10.4 Å². The number of amidine groups is 1. The van der Waals surface area contributed by atoms with Gasteiger partial charge in [-0.3, -0.25) is 4.79 Å². The number of benzene rings is 3. The van der Waals surface area contributed by atoms with E-state index < -0.39 is 0 Å². The number of hydrogen-bond acceptors (Lipinski definition) is 3. The summed E-state index contributed by atoms with van der Waals surface area (Å²) in [5.74, 6) is -0.100. The van der Waals surface area contributed by atoms with Crippen LogP contribution in [0.3, 0.4) is 0 Å². The molecule has 3 aromatic carbocycles. The molecule has 27 heavy (non-hydrogen) atoms. The summed E-state index contributed by atoms with van der Waals surface area (Å²) in [5.41, 5.74) is 2.13. The van der Waals surface area contributed by atoms with Crippen LogP contribution in [0.1, 0.15) is 12.5 Å². The highest BCUT2D eigenvalue weighted by Crippen LogP contribution is 2.22. The Labute approximate surface area is 158 Å². The monoisotopic (exact) mass is 356 g/mol. The van der Waals surface area contributed by atoms with Crippen LogP contribution in [0.25, 0.3) is 5.76 Å². The fourth-order valence-electron chi connectivity index (χ4n) is 2.62. The van der Waals surface area contributed by atoms with Crippen LogP contribution < -0.4 is 5.32 Å². The van der Waals surface area contributed by atoms with Crippen molar-refractivity contribution in [2.24, 2.45) is 4.99 Å². The number of nitrogens with one attached hydrogen (secondary N) is 1. The van der Waals surface area contributed by atoms with Crippen molar-refractivity contribution in [1.29, 1.82) is 0 Å². The van der Waals surface area contributed by atoms with Crippen LogP contribution in [-0.2, 0) is 4.79 Å². The summed E-state index contributed by atoms with van der Waals surface area (Å²) in [6, 6.07) is 27.7. The Morgan fingerprint density at radius 3 is 1.89 bits per heavy atom. The maximum Gasteiger partial charge on any atom is 0.167 e. The predicted octanol–water partition coefficient (Wildman–Crippen LogP) is 5.39. The van der Waals surface area contributed by atoms with E-state index in [1.165, 1.54) is 6.92 Å². The first-order chi connectivity index (χ1) is 13.1. The lowest BCUT2D eigenvalue weighted by Crippen LogP contribution is -2.21. The van der Waals surface area contributed by atoms with Crippen LogP contribution in [0.5, 0.6) is 0 Å². The van der Waals surface area contributed by atoms with Gasteiger partial charge in [-0.1, -0.05) is 66.7 Å². The summed E-state index contributed by atoms with van der Waals surface area (Å²) in [6.07, 6.45) is 0. The first-order valence-corrected chi connectivity index (χ1v) is 8.61. The Balaban J connectivity index is 2.14. The Hall–Kier alpha value is -3.66.